The van der Waals surface area contributed by atoms with Crippen molar-refractivity contribution in [2.45, 2.75) is 77.2 Å². The van der Waals surface area contributed by atoms with Gasteiger partial charge in [0.15, 0.2) is 11.9 Å². The Morgan fingerprint density at radius 2 is 1.33 bits per heavy atom. The van der Waals surface area contributed by atoms with E-state index >= 15 is 0 Å². The number of hydrogen-bond acceptors (Lipinski definition) is 2. The van der Waals surface area contributed by atoms with Crippen molar-refractivity contribution >= 4 is 5.78 Å². The number of carbonyl (C=O) groups excluding carboxylic acids is 1. The first-order valence-corrected chi connectivity index (χ1v) is 8.38. The van der Waals surface area contributed by atoms with Gasteiger partial charge < -0.3 is 22.0 Å². The Hall–Kier alpha value is -0.120. The molecule has 0 aliphatic heterocycles. The van der Waals surface area contributed by atoms with Crippen LogP contribution in [0.4, 0.5) is 0 Å². The lowest BCUT2D eigenvalue weighted by molar-refractivity contribution is -0.872. The molecule has 4 heteroatoms. The van der Waals surface area contributed by atoms with E-state index in [-0.39, 0.29) is 18.2 Å². The van der Waals surface area contributed by atoms with E-state index in [1.54, 1.807) is 0 Å². The number of Topliss-reactive ketones (excluding diaryl/α,β-unsaturated/α-hetero) is 1. The first-order chi connectivity index (χ1) is 9.37. The van der Waals surface area contributed by atoms with E-state index < -0.39 is 6.10 Å². The predicted molar refractivity (Wildman–Crippen MR) is 85.8 cm³/mol. The van der Waals surface area contributed by atoms with Gasteiger partial charge in [0.1, 0.15) is 6.54 Å². The molecule has 1 atom stereocenters. The molecule has 0 spiro atoms. The van der Waals surface area contributed by atoms with Crippen LogP contribution in [0.3, 0.4) is 0 Å². The Balaban J connectivity index is 0. The molecule has 1 unspecified atom stereocenters. The van der Waals surface area contributed by atoms with Crippen LogP contribution in [0.15, 0.2) is 0 Å². The third-order valence-corrected chi connectivity index (χ3v) is 3.62. The summed E-state index contributed by atoms with van der Waals surface area (Å²) in [6, 6.07) is 0. The van der Waals surface area contributed by atoms with Gasteiger partial charge in [-0.05, 0) is 6.42 Å². The Morgan fingerprint density at radius 1 is 0.905 bits per heavy atom. The molecule has 128 valence electrons. The highest BCUT2D eigenvalue weighted by Crippen LogP contribution is 2.11. The molecule has 0 aromatic heterocycles. The molecule has 0 aromatic carbocycles. The third kappa shape index (κ3) is 16.1. The van der Waals surface area contributed by atoms with Gasteiger partial charge in [-0.1, -0.05) is 58.3 Å². The van der Waals surface area contributed by atoms with Crippen molar-refractivity contribution in [3.63, 3.8) is 0 Å². The maximum atomic E-state index is 11.8. The lowest BCUT2D eigenvalue weighted by Crippen LogP contribution is -3.00. The maximum Gasteiger partial charge on any atom is 0.167 e. The van der Waals surface area contributed by atoms with Crippen LogP contribution in [0, 0.1) is 0 Å². The summed E-state index contributed by atoms with van der Waals surface area (Å²) in [5.41, 5.74) is 0. The highest BCUT2D eigenvalue weighted by Gasteiger charge is 2.21. The fourth-order valence-electron chi connectivity index (χ4n) is 2.40. The van der Waals surface area contributed by atoms with Gasteiger partial charge in [-0.15, -0.1) is 0 Å². The second-order valence-electron chi connectivity index (χ2n) is 7.03. The van der Waals surface area contributed by atoms with Crippen molar-refractivity contribution in [3.8, 4) is 0 Å². The second kappa shape index (κ2) is 13.5. The van der Waals surface area contributed by atoms with E-state index in [4.69, 9.17) is 0 Å². The summed E-state index contributed by atoms with van der Waals surface area (Å²) in [4.78, 5) is 11.8. The molecule has 0 radical (unpaired) electrons. The van der Waals surface area contributed by atoms with E-state index in [9.17, 15) is 9.90 Å². The number of carbonyl (C=O) groups is 1. The molecule has 0 saturated heterocycles. The maximum absolute atomic E-state index is 11.8. The number of quaternary nitrogens is 1. The summed E-state index contributed by atoms with van der Waals surface area (Å²) < 4.78 is 0.630. The average Bonchev–Trinajstić information content (AvgIpc) is 2.34. The Morgan fingerprint density at radius 3 is 1.76 bits per heavy atom. The Labute approximate surface area is 138 Å². The fraction of sp³-hybridized carbons (Fsp3) is 0.941. The minimum absolute atomic E-state index is 0. The molecule has 0 heterocycles. The molecule has 0 aromatic rings. The highest BCUT2D eigenvalue weighted by molar-refractivity contribution is 5.82. The first kappa shape index (κ1) is 23.2. The van der Waals surface area contributed by atoms with E-state index in [0.717, 1.165) is 12.8 Å². The summed E-state index contributed by atoms with van der Waals surface area (Å²) in [7, 11) is 5.99. The SMILES string of the molecule is CCCCCCCCCCCC(=O)C(O)C[N+](C)(C)C.[Cl-]. The van der Waals surface area contributed by atoms with E-state index in [0.29, 0.717) is 17.4 Å². The quantitative estimate of drug-likeness (QED) is 0.397. The third-order valence-electron chi connectivity index (χ3n) is 3.62. The second-order valence-corrected chi connectivity index (χ2v) is 7.03. The number of halogens is 1. The number of rotatable bonds is 13. The molecular weight excluding hydrogens is 286 g/mol. The molecule has 3 nitrogen and oxygen atoms in total. The summed E-state index contributed by atoms with van der Waals surface area (Å²) in [5.74, 6) is 0.0148. The molecule has 0 aliphatic rings. The fourth-order valence-corrected chi connectivity index (χ4v) is 2.40. The standard InChI is InChI=1S/C17H36NO2.ClH/c1-5-6-7-8-9-10-11-12-13-14-16(19)17(20)15-18(2,3)4;/h17,20H,5-15H2,1-4H3;1H/q+1;/p-1. The van der Waals surface area contributed by atoms with Crippen molar-refractivity contribution in [2.75, 3.05) is 27.7 Å². The van der Waals surface area contributed by atoms with Crippen LogP contribution in [-0.4, -0.2) is 49.2 Å². The molecule has 0 aliphatic carbocycles. The zero-order valence-electron chi connectivity index (χ0n) is 14.5. The van der Waals surface area contributed by atoms with Gasteiger partial charge in [0, 0.05) is 6.42 Å². The summed E-state index contributed by atoms with van der Waals surface area (Å²) in [6.07, 6.45) is 11.0. The summed E-state index contributed by atoms with van der Waals surface area (Å²) >= 11 is 0. The van der Waals surface area contributed by atoms with Crippen LogP contribution < -0.4 is 12.4 Å². The van der Waals surface area contributed by atoms with E-state index in [1.165, 1.54) is 44.9 Å². The molecule has 0 fully saturated rings. The predicted octanol–water partition coefficient (Wildman–Crippen LogP) is 0.548. The Bertz CT molecular complexity index is 252. The zero-order valence-corrected chi connectivity index (χ0v) is 15.3. The van der Waals surface area contributed by atoms with Crippen LogP contribution in [0.1, 0.15) is 71.1 Å². The van der Waals surface area contributed by atoms with Crippen LogP contribution in [0.5, 0.6) is 0 Å². The van der Waals surface area contributed by atoms with Crippen LogP contribution >= 0.6 is 0 Å². The van der Waals surface area contributed by atoms with Gasteiger partial charge in [-0.25, -0.2) is 0 Å². The molecule has 21 heavy (non-hydrogen) atoms. The smallest absolute Gasteiger partial charge is 0.167 e. The lowest BCUT2D eigenvalue weighted by Gasteiger charge is -2.26. The number of aliphatic hydroxyl groups is 1. The van der Waals surface area contributed by atoms with Crippen LogP contribution in [0.25, 0.3) is 0 Å². The van der Waals surface area contributed by atoms with Gasteiger partial charge in [0.05, 0.1) is 21.1 Å². The van der Waals surface area contributed by atoms with Crippen molar-refractivity contribution in [2.24, 2.45) is 0 Å². The van der Waals surface area contributed by atoms with Crippen molar-refractivity contribution in [1.29, 1.82) is 0 Å². The number of aliphatic hydroxyl groups excluding tert-OH is 1. The summed E-state index contributed by atoms with van der Waals surface area (Å²) in [6.45, 7) is 2.75. The minimum Gasteiger partial charge on any atom is -1.00 e. The number of ketones is 1. The average molecular weight is 322 g/mol. The number of nitrogens with zero attached hydrogens (tertiary/aromatic N) is 1. The molecule has 0 rings (SSSR count). The van der Waals surface area contributed by atoms with Crippen LogP contribution in [0.2, 0.25) is 0 Å². The normalized spacial score (nSPS) is 12.8. The molecular formula is C17H36ClNO2. The van der Waals surface area contributed by atoms with Crippen molar-refractivity contribution < 1.29 is 26.8 Å². The first-order valence-electron chi connectivity index (χ1n) is 8.38. The topological polar surface area (TPSA) is 37.3 Å². The largest absolute Gasteiger partial charge is 1.00 e. The van der Waals surface area contributed by atoms with Crippen molar-refractivity contribution in [3.05, 3.63) is 0 Å². The van der Waals surface area contributed by atoms with Crippen molar-refractivity contribution in [1.82, 2.24) is 0 Å². The van der Waals surface area contributed by atoms with Crippen LogP contribution in [-0.2, 0) is 4.79 Å². The highest BCUT2D eigenvalue weighted by atomic mass is 35.5. The zero-order chi connectivity index (χ0) is 15.4. The van der Waals surface area contributed by atoms with Gasteiger partial charge in [-0.2, -0.15) is 0 Å². The van der Waals surface area contributed by atoms with E-state index in [2.05, 4.69) is 6.92 Å². The molecule has 0 bridgehead atoms. The van der Waals surface area contributed by atoms with Gasteiger partial charge in [0.25, 0.3) is 0 Å². The van der Waals surface area contributed by atoms with Gasteiger partial charge in [-0.3, -0.25) is 4.79 Å². The number of likely N-dealkylation sites (N-methyl/N-ethyl adjacent to an activating group) is 1. The van der Waals surface area contributed by atoms with Gasteiger partial charge >= 0.3 is 0 Å². The van der Waals surface area contributed by atoms with E-state index in [1.807, 2.05) is 21.1 Å². The minimum atomic E-state index is -0.788. The Kier molecular flexibility index (Phi) is 14.9. The molecule has 0 saturated carbocycles. The monoisotopic (exact) mass is 321 g/mol. The summed E-state index contributed by atoms with van der Waals surface area (Å²) in [5, 5.41) is 9.81. The lowest BCUT2D eigenvalue weighted by atomic mass is 10.0. The molecule has 0 amide bonds. The number of hydrogen-bond donors (Lipinski definition) is 1. The number of unbranched alkanes of at least 4 members (excludes halogenated alkanes) is 8. The van der Waals surface area contributed by atoms with Gasteiger partial charge in [0.2, 0.25) is 0 Å². The molecule has 1 N–H and O–H groups in total.